The number of carboxylic acids is 1. The lowest BCUT2D eigenvalue weighted by atomic mass is 9.86. The summed E-state index contributed by atoms with van der Waals surface area (Å²) >= 11 is 0. The third-order valence-electron chi connectivity index (χ3n) is 4.60. The number of alkyl halides is 2. The van der Waals surface area contributed by atoms with Crippen LogP contribution in [0, 0.1) is 5.92 Å². The zero-order chi connectivity index (χ0) is 15.6. The predicted octanol–water partition coefficient (Wildman–Crippen LogP) is 1.43. The molecule has 21 heavy (non-hydrogen) atoms. The third-order valence-corrected chi connectivity index (χ3v) is 4.60. The minimum absolute atomic E-state index is 0.0480. The smallest absolute Gasteiger partial charge is 0.320 e. The topological polar surface area (TPSA) is 60.9 Å². The van der Waals surface area contributed by atoms with Crippen molar-refractivity contribution in [3.8, 4) is 0 Å². The number of hydrogen-bond donors (Lipinski definition) is 1. The summed E-state index contributed by atoms with van der Waals surface area (Å²) in [5.74, 6) is -3.84. The number of carbonyl (C=O) groups is 2. The number of halogens is 2. The van der Waals surface area contributed by atoms with E-state index in [0.29, 0.717) is 26.2 Å². The Morgan fingerprint density at radius 3 is 2.14 bits per heavy atom. The molecule has 7 heteroatoms. The van der Waals surface area contributed by atoms with Crippen LogP contribution in [0.4, 0.5) is 8.78 Å². The molecule has 1 unspecified atom stereocenters. The fourth-order valence-electron chi connectivity index (χ4n) is 3.03. The fourth-order valence-corrected chi connectivity index (χ4v) is 3.03. The van der Waals surface area contributed by atoms with Crippen LogP contribution in [0.25, 0.3) is 0 Å². The second-order valence-electron chi connectivity index (χ2n) is 6.01. The second-order valence-corrected chi connectivity index (χ2v) is 6.01. The van der Waals surface area contributed by atoms with E-state index in [2.05, 4.69) is 0 Å². The Balaban J connectivity index is 1.82. The van der Waals surface area contributed by atoms with Crippen molar-refractivity contribution in [2.75, 3.05) is 26.2 Å². The Bertz CT molecular complexity index is 399. The Kier molecular flexibility index (Phi) is 4.81. The standard InChI is InChI=1S/C14H22F2N2O3/c1-10(13(20)21)17-6-8-18(9-7-17)12(19)11-2-4-14(15,16)5-3-11/h10-11H,2-9H2,1H3,(H,20,21). The minimum atomic E-state index is -2.62. The highest BCUT2D eigenvalue weighted by atomic mass is 19.3. The molecular formula is C14H22F2N2O3. The van der Waals surface area contributed by atoms with Crippen LogP contribution in [0.3, 0.4) is 0 Å². The summed E-state index contributed by atoms with van der Waals surface area (Å²) in [7, 11) is 0. The van der Waals surface area contributed by atoms with Crippen molar-refractivity contribution >= 4 is 11.9 Å². The highest BCUT2D eigenvalue weighted by Gasteiger charge is 2.39. The molecule has 0 aromatic carbocycles. The van der Waals surface area contributed by atoms with Gasteiger partial charge in [-0.2, -0.15) is 0 Å². The lowest BCUT2D eigenvalue weighted by molar-refractivity contribution is -0.145. The molecule has 2 rings (SSSR count). The first-order chi connectivity index (χ1) is 9.80. The molecule has 0 bridgehead atoms. The molecule has 1 atom stereocenters. The van der Waals surface area contributed by atoms with Crippen molar-refractivity contribution in [3.05, 3.63) is 0 Å². The number of piperazine rings is 1. The molecule has 5 nitrogen and oxygen atoms in total. The molecule has 1 saturated heterocycles. The van der Waals surface area contributed by atoms with Crippen LogP contribution in [0.5, 0.6) is 0 Å². The average molecular weight is 304 g/mol. The molecule has 1 aliphatic heterocycles. The Morgan fingerprint density at radius 1 is 1.14 bits per heavy atom. The second kappa shape index (κ2) is 6.25. The van der Waals surface area contributed by atoms with E-state index in [9.17, 15) is 18.4 Å². The molecule has 1 aliphatic carbocycles. The summed E-state index contributed by atoms with van der Waals surface area (Å²) in [4.78, 5) is 26.8. The maximum Gasteiger partial charge on any atom is 0.320 e. The maximum atomic E-state index is 13.1. The highest BCUT2D eigenvalue weighted by Crippen LogP contribution is 2.36. The van der Waals surface area contributed by atoms with Crippen molar-refractivity contribution in [2.24, 2.45) is 5.92 Å². The highest BCUT2D eigenvalue weighted by molar-refractivity contribution is 5.79. The minimum Gasteiger partial charge on any atom is -0.480 e. The first kappa shape index (κ1) is 16.1. The molecule has 120 valence electrons. The van der Waals surface area contributed by atoms with E-state index in [1.165, 1.54) is 0 Å². The van der Waals surface area contributed by atoms with Gasteiger partial charge in [0.05, 0.1) is 0 Å². The van der Waals surface area contributed by atoms with Gasteiger partial charge < -0.3 is 10.0 Å². The summed E-state index contributed by atoms with van der Waals surface area (Å²) in [6.45, 7) is 3.61. The van der Waals surface area contributed by atoms with Gasteiger partial charge in [0, 0.05) is 44.9 Å². The molecule has 0 aromatic rings. The summed E-state index contributed by atoms with van der Waals surface area (Å²) in [6.07, 6.45) is 0.0774. The molecule has 1 N–H and O–H groups in total. The SMILES string of the molecule is CC(C(=O)O)N1CCN(C(=O)C2CCC(F)(F)CC2)CC1. The van der Waals surface area contributed by atoms with Gasteiger partial charge in [0.15, 0.2) is 0 Å². The van der Waals surface area contributed by atoms with Gasteiger partial charge in [0.1, 0.15) is 6.04 Å². The molecule has 0 radical (unpaired) electrons. The summed E-state index contributed by atoms with van der Waals surface area (Å²) in [5.41, 5.74) is 0. The molecular weight excluding hydrogens is 282 g/mol. The quantitative estimate of drug-likeness (QED) is 0.857. The van der Waals surface area contributed by atoms with E-state index in [1.54, 1.807) is 11.8 Å². The lowest BCUT2D eigenvalue weighted by Gasteiger charge is -2.39. The molecule has 0 spiro atoms. The number of carbonyl (C=O) groups excluding carboxylic acids is 1. The predicted molar refractivity (Wildman–Crippen MR) is 72.2 cm³/mol. The van der Waals surface area contributed by atoms with Crippen LogP contribution in [0.2, 0.25) is 0 Å². The molecule has 1 amide bonds. The van der Waals surface area contributed by atoms with Gasteiger partial charge >= 0.3 is 5.97 Å². The van der Waals surface area contributed by atoms with Gasteiger partial charge in [0.2, 0.25) is 11.8 Å². The number of aliphatic carboxylic acids is 1. The van der Waals surface area contributed by atoms with Crippen LogP contribution in [0.1, 0.15) is 32.6 Å². The average Bonchev–Trinajstić information content (AvgIpc) is 2.46. The first-order valence-electron chi connectivity index (χ1n) is 7.43. The van der Waals surface area contributed by atoms with E-state index in [1.807, 2.05) is 4.90 Å². The van der Waals surface area contributed by atoms with Crippen LogP contribution >= 0.6 is 0 Å². The molecule has 2 fully saturated rings. The van der Waals surface area contributed by atoms with Crippen LogP contribution in [0.15, 0.2) is 0 Å². The number of carboxylic acid groups (broad SMARTS) is 1. The number of rotatable bonds is 3. The summed E-state index contributed by atoms with van der Waals surface area (Å²) in [5, 5.41) is 8.97. The van der Waals surface area contributed by atoms with Crippen molar-refractivity contribution in [3.63, 3.8) is 0 Å². The van der Waals surface area contributed by atoms with Crippen molar-refractivity contribution in [2.45, 2.75) is 44.6 Å². The number of nitrogens with zero attached hydrogens (tertiary/aromatic N) is 2. The van der Waals surface area contributed by atoms with Gasteiger partial charge in [-0.25, -0.2) is 8.78 Å². The monoisotopic (exact) mass is 304 g/mol. The number of hydrogen-bond acceptors (Lipinski definition) is 3. The lowest BCUT2D eigenvalue weighted by Crippen LogP contribution is -2.54. The van der Waals surface area contributed by atoms with E-state index in [-0.39, 0.29) is 37.5 Å². The van der Waals surface area contributed by atoms with Crippen LogP contribution in [-0.4, -0.2) is 64.9 Å². The maximum absolute atomic E-state index is 13.1. The third kappa shape index (κ3) is 3.90. The van der Waals surface area contributed by atoms with E-state index >= 15 is 0 Å². The molecule has 1 heterocycles. The van der Waals surface area contributed by atoms with Crippen molar-refractivity contribution in [1.82, 2.24) is 9.80 Å². The summed E-state index contributed by atoms with van der Waals surface area (Å²) < 4.78 is 26.2. The van der Waals surface area contributed by atoms with Crippen molar-refractivity contribution in [1.29, 1.82) is 0 Å². The molecule has 2 aliphatic rings. The van der Waals surface area contributed by atoms with Gasteiger partial charge in [-0.15, -0.1) is 0 Å². The van der Waals surface area contributed by atoms with E-state index < -0.39 is 17.9 Å². The Hall–Kier alpha value is -1.24. The molecule has 0 aromatic heterocycles. The normalized spacial score (nSPS) is 25.6. The van der Waals surface area contributed by atoms with Crippen LogP contribution < -0.4 is 0 Å². The first-order valence-corrected chi connectivity index (χ1v) is 7.43. The zero-order valence-corrected chi connectivity index (χ0v) is 12.2. The fraction of sp³-hybridized carbons (Fsp3) is 0.857. The van der Waals surface area contributed by atoms with Gasteiger partial charge in [-0.05, 0) is 19.8 Å². The van der Waals surface area contributed by atoms with E-state index in [4.69, 9.17) is 5.11 Å². The Labute approximate surface area is 122 Å². The van der Waals surface area contributed by atoms with Gasteiger partial charge in [-0.3, -0.25) is 14.5 Å². The summed E-state index contributed by atoms with van der Waals surface area (Å²) in [6, 6.07) is -0.560. The largest absolute Gasteiger partial charge is 0.480 e. The Morgan fingerprint density at radius 2 is 1.67 bits per heavy atom. The number of amides is 1. The van der Waals surface area contributed by atoms with Gasteiger partial charge in [-0.1, -0.05) is 0 Å². The van der Waals surface area contributed by atoms with Crippen LogP contribution in [-0.2, 0) is 9.59 Å². The van der Waals surface area contributed by atoms with E-state index in [0.717, 1.165) is 0 Å². The zero-order valence-electron chi connectivity index (χ0n) is 12.2. The van der Waals surface area contributed by atoms with Crippen molar-refractivity contribution < 1.29 is 23.5 Å². The van der Waals surface area contributed by atoms with Gasteiger partial charge in [0.25, 0.3) is 0 Å². The molecule has 1 saturated carbocycles.